The molecule has 174 valence electrons. The summed E-state index contributed by atoms with van der Waals surface area (Å²) in [6.45, 7) is 10.9. The van der Waals surface area contributed by atoms with Gasteiger partial charge in [-0.05, 0) is 71.4 Å². The Balaban J connectivity index is 1.46. The Morgan fingerprint density at radius 1 is 1.22 bits per heavy atom. The average molecular weight is 446 g/mol. The normalized spacial score (nSPS) is 22.8. The van der Waals surface area contributed by atoms with Gasteiger partial charge >= 0.3 is 12.1 Å². The molecule has 32 heavy (non-hydrogen) atoms. The number of likely N-dealkylation sites (tertiary alicyclic amines) is 1. The number of piperidine rings is 1. The molecular weight excluding hydrogens is 413 g/mol. The van der Waals surface area contributed by atoms with Gasteiger partial charge in [0.25, 0.3) is 0 Å². The first kappa shape index (κ1) is 22.4. The Kier molecular flexibility index (Phi) is 6.01. The van der Waals surface area contributed by atoms with Crippen molar-refractivity contribution in [1.29, 1.82) is 0 Å². The maximum absolute atomic E-state index is 13.5. The minimum Gasteiger partial charge on any atom is -0.444 e. The number of halogens is 1. The van der Waals surface area contributed by atoms with Crippen molar-refractivity contribution in [2.45, 2.75) is 65.1 Å². The highest BCUT2D eigenvalue weighted by Gasteiger charge is 2.44. The molecule has 1 N–H and O–H groups in total. The first-order chi connectivity index (χ1) is 15.1. The summed E-state index contributed by atoms with van der Waals surface area (Å²) in [6.07, 6.45) is 1.83. The van der Waals surface area contributed by atoms with Crippen LogP contribution in [0.3, 0.4) is 0 Å². The molecule has 9 heteroatoms. The highest BCUT2D eigenvalue weighted by molar-refractivity contribution is 5.68. The van der Waals surface area contributed by atoms with Gasteiger partial charge in [-0.3, -0.25) is 0 Å². The van der Waals surface area contributed by atoms with Crippen LogP contribution in [0, 0.1) is 17.7 Å². The number of hydrogen-bond acceptors (Lipinski definition) is 6. The molecule has 1 saturated carbocycles. The van der Waals surface area contributed by atoms with Crippen LogP contribution in [0.5, 0.6) is 11.8 Å². The van der Waals surface area contributed by atoms with Crippen molar-refractivity contribution in [1.82, 2.24) is 19.7 Å². The number of rotatable bonds is 5. The van der Waals surface area contributed by atoms with E-state index in [4.69, 9.17) is 9.47 Å². The fourth-order valence-electron chi connectivity index (χ4n) is 4.49. The quantitative estimate of drug-likeness (QED) is 0.709. The number of nitrogens with zero attached hydrogens (tertiary/aromatic N) is 4. The number of fused-ring (bicyclic) bond motifs is 2. The molecule has 1 saturated heterocycles. The van der Waals surface area contributed by atoms with E-state index in [0.717, 1.165) is 12.8 Å². The number of carbonyl (C=O) groups excluding carboxylic acids is 1. The van der Waals surface area contributed by atoms with Crippen LogP contribution in [0.4, 0.5) is 15.1 Å². The average Bonchev–Trinajstić information content (AvgIpc) is 3.17. The summed E-state index contributed by atoms with van der Waals surface area (Å²) in [5.41, 5.74) is -0.503. The summed E-state index contributed by atoms with van der Waals surface area (Å²) >= 11 is 0. The lowest BCUT2D eigenvalue weighted by Crippen LogP contribution is -2.51. The third-order valence-electron chi connectivity index (χ3n) is 5.88. The number of benzene rings is 1. The highest BCUT2D eigenvalue weighted by atomic mass is 19.1. The third kappa shape index (κ3) is 4.97. The van der Waals surface area contributed by atoms with E-state index in [1.807, 2.05) is 39.5 Å². The van der Waals surface area contributed by atoms with Gasteiger partial charge in [-0.1, -0.05) is 6.07 Å². The molecule has 8 nitrogen and oxygen atoms in total. The van der Waals surface area contributed by atoms with Crippen molar-refractivity contribution in [3.8, 4) is 11.8 Å². The maximum Gasteiger partial charge on any atom is 0.410 e. The Morgan fingerprint density at radius 3 is 2.50 bits per heavy atom. The molecule has 4 rings (SSSR count). The van der Waals surface area contributed by atoms with Crippen LogP contribution >= 0.6 is 0 Å². The highest BCUT2D eigenvalue weighted by Crippen LogP contribution is 2.39. The fraction of sp³-hybridized carbons (Fsp3) is 0.609. The summed E-state index contributed by atoms with van der Waals surface area (Å²) < 4.78 is 26.6. The summed E-state index contributed by atoms with van der Waals surface area (Å²) in [7, 11) is 0. The van der Waals surface area contributed by atoms with Crippen molar-refractivity contribution < 1.29 is 18.7 Å². The number of amides is 1. The number of nitrogens with one attached hydrogen (secondary N) is 1. The van der Waals surface area contributed by atoms with Gasteiger partial charge < -0.3 is 19.7 Å². The second-order valence-electron chi connectivity index (χ2n) is 9.97. The lowest BCUT2D eigenvalue weighted by atomic mass is 9.92. The molecule has 0 spiro atoms. The number of hydrogen-bond donors (Lipinski definition) is 1. The van der Waals surface area contributed by atoms with Crippen molar-refractivity contribution >= 4 is 12.0 Å². The van der Waals surface area contributed by atoms with Gasteiger partial charge in [0.2, 0.25) is 5.95 Å². The molecule has 2 fully saturated rings. The summed E-state index contributed by atoms with van der Waals surface area (Å²) in [5, 5.41) is 8.08. The molecule has 1 aliphatic heterocycles. The Bertz CT molecular complexity index is 957. The smallest absolute Gasteiger partial charge is 0.410 e. The van der Waals surface area contributed by atoms with Gasteiger partial charge in [0, 0.05) is 25.2 Å². The zero-order valence-corrected chi connectivity index (χ0v) is 19.3. The second kappa shape index (κ2) is 8.60. The van der Waals surface area contributed by atoms with Crippen molar-refractivity contribution in [3.63, 3.8) is 0 Å². The van der Waals surface area contributed by atoms with Gasteiger partial charge in [-0.2, -0.15) is 4.98 Å². The van der Waals surface area contributed by atoms with Crippen LogP contribution in [0.25, 0.3) is 0 Å². The minimum atomic E-state index is -0.503. The van der Waals surface area contributed by atoms with Gasteiger partial charge in [0.05, 0.1) is 6.04 Å². The fourth-order valence-corrected chi connectivity index (χ4v) is 4.49. The molecule has 0 radical (unpaired) electrons. The van der Waals surface area contributed by atoms with Gasteiger partial charge in [0.15, 0.2) is 0 Å². The Morgan fingerprint density at radius 2 is 1.91 bits per heavy atom. The molecule has 1 aromatic carbocycles. The van der Waals surface area contributed by atoms with E-state index in [-0.39, 0.29) is 24.0 Å². The number of aromatic nitrogens is 3. The maximum atomic E-state index is 13.5. The van der Waals surface area contributed by atoms with Crippen LogP contribution in [0.2, 0.25) is 0 Å². The standard InChI is InChI=1S/C23H32FN5O3/c1-14(2)29-21(31-18-8-6-7-17(24)11-18)26-20(27-29)25-19-15-9-10-16(19)13-28(12-15)22(30)32-23(3,4)5/h6-8,11,14-16,19H,9-10,12-13H2,1-5H3,(H,25,27)/t15-,16+,19-. The number of carbonyl (C=O) groups is 1. The molecule has 0 unspecified atom stereocenters. The van der Waals surface area contributed by atoms with Crippen LogP contribution in [-0.2, 0) is 4.74 Å². The van der Waals surface area contributed by atoms with Crippen LogP contribution in [-0.4, -0.2) is 50.5 Å². The zero-order chi connectivity index (χ0) is 23.0. The topological polar surface area (TPSA) is 81.5 Å². The molecule has 1 aliphatic carbocycles. The van der Waals surface area contributed by atoms with E-state index in [9.17, 15) is 9.18 Å². The molecule has 2 heterocycles. The second-order valence-corrected chi connectivity index (χ2v) is 9.97. The number of ether oxygens (including phenoxy) is 2. The molecule has 3 atom stereocenters. The van der Waals surface area contributed by atoms with Crippen molar-refractivity contribution in [2.75, 3.05) is 18.4 Å². The van der Waals surface area contributed by atoms with Crippen LogP contribution in [0.1, 0.15) is 53.5 Å². The zero-order valence-electron chi connectivity index (χ0n) is 19.3. The molecular formula is C23H32FN5O3. The van der Waals surface area contributed by atoms with Crippen molar-refractivity contribution in [3.05, 3.63) is 30.1 Å². The van der Waals surface area contributed by atoms with E-state index >= 15 is 0 Å². The van der Waals surface area contributed by atoms with E-state index in [1.165, 1.54) is 12.1 Å². The van der Waals surface area contributed by atoms with E-state index in [0.29, 0.717) is 42.6 Å². The molecule has 2 aromatic rings. The van der Waals surface area contributed by atoms with Crippen molar-refractivity contribution in [2.24, 2.45) is 11.8 Å². The lowest BCUT2D eigenvalue weighted by Gasteiger charge is -2.38. The van der Waals surface area contributed by atoms with Crippen LogP contribution < -0.4 is 10.1 Å². The predicted octanol–water partition coefficient (Wildman–Crippen LogP) is 4.85. The minimum absolute atomic E-state index is 0.0207. The summed E-state index contributed by atoms with van der Waals surface area (Å²) in [5.74, 6) is 1.10. The largest absolute Gasteiger partial charge is 0.444 e. The van der Waals surface area contributed by atoms with Gasteiger partial charge in [-0.25, -0.2) is 13.9 Å². The molecule has 2 bridgehead atoms. The SMILES string of the molecule is CC(C)n1nc(N[C@@H]2[C@@H]3CC[C@H]2CN(C(=O)OC(C)(C)C)C3)nc1Oc1cccc(F)c1. The number of anilines is 1. The summed E-state index contributed by atoms with van der Waals surface area (Å²) in [6, 6.07) is 6.47. The molecule has 2 aliphatic rings. The van der Waals surface area contributed by atoms with Gasteiger partial charge in [-0.15, -0.1) is 5.10 Å². The van der Waals surface area contributed by atoms with E-state index < -0.39 is 5.60 Å². The van der Waals surface area contributed by atoms with Crippen LogP contribution in [0.15, 0.2) is 24.3 Å². The predicted molar refractivity (Wildman–Crippen MR) is 118 cm³/mol. The third-order valence-corrected chi connectivity index (χ3v) is 5.88. The Hall–Kier alpha value is -2.84. The lowest BCUT2D eigenvalue weighted by molar-refractivity contribution is 0.0141. The van der Waals surface area contributed by atoms with Gasteiger partial charge in [0.1, 0.15) is 17.2 Å². The first-order valence-corrected chi connectivity index (χ1v) is 11.2. The Labute approximate surface area is 188 Å². The molecule has 1 amide bonds. The summed E-state index contributed by atoms with van der Waals surface area (Å²) in [4.78, 5) is 18.9. The first-order valence-electron chi connectivity index (χ1n) is 11.2. The molecule has 1 aromatic heterocycles. The monoisotopic (exact) mass is 445 g/mol. The van der Waals surface area contributed by atoms with E-state index in [1.54, 1.807) is 16.8 Å². The van der Waals surface area contributed by atoms with E-state index in [2.05, 4.69) is 15.4 Å².